The van der Waals surface area contributed by atoms with E-state index in [9.17, 15) is 9.59 Å². The Morgan fingerprint density at radius 3 is 2.38 bits per heavy atom. The van der Waals surface area contributed by atoms with Crippen LogP contribution in [0.2, 0.25) is 0 Å². The number of amides is 2. The van der Waals surface area contributed by atoms with E-state index < -0.39 is 11.8 Å². The summed E-state index contributed by atoms with van der Waals surface area (Å²) in [4.78, 5) is 23.9. The summed E-state index contributed by atoms with van der Waals surface area (Å²) < 4.78 is 5.10. The van der Waals surface area contributed by atoms with E-state index in [0.717, 1.165) is 22.4 Å². The third kappa shape index (κ3) is 4.59. The lowest BCUT2D eigenvalue weighted by atomic mass is 10.1. The van der Waals surface area contributed by atoms with Crippen molar-refractivity contribution in [3.05, 3.63) is 59.2 Å². The van der Waals surface area contributed by atoms with Crippen LogP contribution in [0.15, 0.2) is 42.5 Å². The fourth-order valence-corrected chi connectivity index (χ4v) is 2.26. The van der Waals surface area contributed by atoms with Gasteiger partial charge in [0.25, 0.3) is 0 Å². The van der Waals surface area contributed by atoms with Crippen molar-refractivity contribution in [2.24, 2.45) is 0 Å². The van der Waals surface area contributed by atoms with E-state index in [1.54, 1.807) is 13.2 Å². The number of anilines is 1. The molecule has 2 amide bonds. The van der Waals surface area contributed by atoms with E-state index in [2.05, 4.69) is 10.6 Å². The van der Waals surface area contributed by atoms with Crippen molar-refractivity contribution in [3.8, 4) is 5.75 Å². The van der Waals surface area contributed by atoms with E-state index in [-0.39, 0.29) is 0 Å². The van der Waals surface area contributed by atoms with Gasteiger partial charge in [-0.25, -0.2) is 0 Å². The molecule has 0 aliphatic heterocycles. The summed E-state index contributed by atoms with van der Waals surface area (Å²) in [6.45, 7) is 4.26. The van der Waals surface area contributed by atoms with Crippen LogP contribution in [0, 0.1) is 13.8 Å². The van der Waals surface area contributed by atoms with Crippen molar-refractivity contribution in [1.82, 2.24) is 5.32 Å². The zero-order valence-corrected chi connectivity index (χ0v) is 14.2. The number of ether oxygens (including phenoxy) is 1. The number of carbonyl (C=O) groups is 2. The van der Waals surface area contributed by atoms with Gasteiger partial charge in [0.1, 0.15) is 5.75 Å². The molecule has 0 heterocycles. The Morgan fingerprint density at radius 2 is 1.71 bits per heavy atom. The molecule has 0 atom stereocenters. The summed E-state index contributed by atoms with van der Waals surface area (Å²) in [6.07, 6.45) is 0.645. The molecule has 5 heteroatoms. The van der Waals surface area contributed by atoms with Crippen LogP contribution >= 0.6 is 0 Å². The first kappa shape index (κ1) is 17.5. The molecule has 0 unspecified atom stereocenters. The van der Waals surface area contributed by atoms with E-state index in [0.29, 0.717) is 18.7 Å². The van der Waals surface area contributed by atoms with Crippen molar-refractivity contribution in [1.29, 1.82) is 0 Å². The van der Waals surface area contributed by atoms with Gasteiger partial charge < -0.3 is 15.4 Å². The Bertz CT molecular complexity index is 724. The van der Waals surface area contributed by atoms with Crippen LogP contribution in [-0.2, 0) is 16.0 Å². The number of nitrogens with one attached hydrogen (secondary N) is 2. The van der Waals surface area contributed by atoms with Crippen LogP contribution < -0.4 is 15.4 Å². The number of hydrogen-bond donors (Lipinski definition) is 2. The van der Waals surface area contributed by atoms with Gasteiger partial charge in [-0.05, 0) is 55.2 Å². The summed E-state index contributed by atoms with van der Waals surface area (Å²) in [6, 6.07) is 13.2. The predicted molar refractivity (Wildman–Crippen MR) is 94.3 cm³/mol. The molecule has 0 aromatic heterocycles. The molecular formula is C19H22N2O3. The lowest BCUT2D eigenvalue weighted by molar-refractivity contribution is -0.136. The summed E-state index contributed by atoms with van der Waals surface area (Å²) >= 11 is 0. The fourth-order valence-electron chi connectivity index (χ4n) is 2.26. The molecule has 0 saturated heterocycles. The van der Waals surface area contributed by atoms with Gasteiger partial charge >= 0.3 is 11.8 Å². The molecule has 0 bridgehead atoms. The fraction of sp³-hybridized carbons (Fsp3) is 0.263. The normalized spacial score (nSPS) is 10.1. The largest absolute Gasteiger partial charge is 0.497 e. The van der Waals surface area contributed by atoms with E-state index in [4.69, 9.17) is 4.74 Å². The lowest BCUT2D eigenvalue weighted by Gasteiger charge is -2.10. The molecule has 0 spiro atoms. The van der Waals surface area contributed by atoms with Gasteiger partial charge in [0, 0.05) is 12.2 Å². The van der Waals surface area contributed by atoms with Gasteiger partial charge in [0.15, 0.2) is 0 Å². The molecule has 5 nitrogen and oxygen atoms in total. The second kappa shape index (κ2) is 8.15. The van der Waals surface area contributed by atoms with Crippen LogP contribution in [0.1, 0.15) is 16.7 Å². The molecule has 2 N–H and O–H groups in total. The highest BCUT2D eigenvalue weighted by Gasteiger charge is 2.14. The Hall–Kier alpha value is -2.82. The first-order chi connectivity index (χ1) is 11.5. The smallest absolute Gasteiger partial charge is 0.313 e. The van der Waals surface area contributed by atoms with E-state index >= 15 is 0 Å². The molecule has 0 radical (unpaired) electrons. The third-order valence-electron chi connectivity index (χ3n) is 3.92. The third-order valence-corrected chi connectivity index (χ3v) is 3.92. The maximum absolute atomic E-state index is 12.0. The van der Waals surface area contributed by atoms with Crippen molar-refractivity contribution in [3.63, 3.8) is 0 Å². The second-order valence-electron chi connectivity index (χ2n) is 5.56. The first-order valence-corrected chi connectivity index (χ1v) is 7.79. The second-order valence-corrected chi connectivity index (χ2v) is 5.56. The molecule has 2 aromatic rings. The van der Waals surface area contributed by atoms with Crippen molar-refractivity contribution in [2.45, 2.75) is 20.3 Å². The average molecular weight is 326 g/mol. The van der Waals surface area contributed by atoms with Crippen molar-refractivity contribution >= 4 is 17.5 Å². The minimum atomic E-state index is -0.654. The Labute approximate surface area is 142 Å². The molecule has 2 aromatic carbocycles. The van der Waals surface area contributed by atoms with Crippen LogP contribution in [0.25, 0.3) is 0 Å². The quantitative estimate of drug-likeness (QED) is 0.830. The zero-order valence-electron chi connectivity index (χ0n) is 14.2. The minimum absolute atomic E-state index is 0.394. The molecule has 0 fully saturated rings. The average Bonchev–Trinajstić information content (AvgIpc) is 2.59. The number of carbonyl (C=O) groups excluding carboxylic acids is 2. The molecule has 24 heavy (non-hydrogen) atoms. The highest BCUT2D eigenvalue weighted by molar-refractivity contribution is 6.39. The maximum atomic E-state index is 12.0. The number of rotatable bonds is 5. The predicted octanol–water partition coefficient (Wildman–Crippen LogP) is 2.61. The highest BCUT2D eigenvalue weighted by Crippen LogP contribution is 2.17. The monoisotopic (exact) mass is 326 g/mol. The number of benzene rings is 2. The molecule has 0 saturated carbocycles. The van der Waals surface area contributed by atoms with Gasteiger partial charge in [-0.15, -0.1) is 0 Å². The van der Waals surface area contributed by atoms with Gasteiger partial charge in [-0.1, -0.05) is 24.3 Å². The number of hydrogen-bond acceptors (Lipinski definition) is 3. The maximum Gasteiger partial charge on any atom is 0.313 e. The molecule has 0 aliphatic carbocycles. The summed E-state index contributed by atoms with van der Waals surface area (Å²) in [5, 5.41) is 5.28. The minimum Gasteiger partial charge on any atom is -0.497 e. The van der Waals surface area contributed by atoms with Crippen molar-refractivity contribution < 1.29 is 14.3 Å². The Kier molecular flexibility index (Phi) is 5.95. The number of aryl methyl sites for hydroxylation is 1. The zero-order chi connectivity index (χ0) is 17.5. The highest BCUT2D eigenvalue weighted by atomic mass is 16.5. The Morgan fingerprint density at radius 1 is 1.00 bits per heavy atom. The molecule has 0 aliphatic rings. The Balaban J connectivity index is 1.83. The van der Waals surface area contributed by atoms with E-state index in [1.165, 1.54) is 0 Å². The van der Waals surface area contributed by atoms with Gasteiger partial charge in [-0.2, -0.15) is 0 Å². The summed E-state index contributed by atoms with van der Waals surface area (Å²) in [5.74, 6) is -0.501. The topological polar surface area (TPSA) is 67.4 Å². The summed E-state index contributed by atoms with van der Waals surface area (Å²) in [5.41, 5.74) is 3.74. The first-order valence-electron chi connectivity index (χ1n) is 7.79. The standard InChI is InChI=1S/C19H22N2O3/c1-13-5-4-6-17(14(13)2)21-19(23)18(22)20-12-11-15-7-9-16(24-3)10-8-15/h4-10H,11-12H2,1-3H3,(H,20,22)(H,21,23). The van der Waals surface area contributed by atoms with Crippen LogP contribution in [0.5, 0.6) is 5.75 Å². The van der Waals surface area contributed by atoms with Gasteiger partial charge in [0.2, 0.25) is 0 Å². The number of methoxy groups -OCH3 is 1. The van der Waals surface area contributed by atoms with Gasteiger partial charge in [-0.3, -0.25) is 9.59 Å². The van der Waals surface area contributed by atoms with Gasteiger partial charge in [0.05, 0.1) is 7.11 Å². The molecular weight excluding hydrogens is 304 g/mol. The lowest BCUT2D eigenvalue weighted by Crippen LogP contribution is -2.36. The van der Waals surface area contributed by atoms with Crippen LogP contribution in [0.3, 0.4) is 0 Å². The van der Waals surface area contributed by atoms with E-state index in [1.807, 2.05) is 50.2 Å². The van der Waals surface area contributed by atoms with Crippen LogP contribution in [0.4, 0.5) is 5.69 Å². The summed E-state index contributed by atoms with van der Waals surface area (Å²) in [7, 11) is 1.61. The van der Waals surface area contributed by atoms with Crippen molar-refractivity contribution in [2.75, 3.05) is 19.0 Å². The SMILES string of the molecule is COc1ccc(CCNC(=O)C(=O)Nc2cccc(C)c2C)cc1. The molecule has 2 rings (SSSR count). The van der Waals surface area contributed by atoms with Crippen LogP contribution in [-0.4, -0.2) is 25.5 Å². The molecule has 126 valence electrons.